The molecule has 0 bridgehead atoms. The van der Waals surface area contributed by atoms with Gasteiger partial charge < -0.3 is 21.1 Å². The fourth-order valence-corrected chi connectivity index (χ4v) is 3.92. The number of rotatable bonds is 8. The Bertz CT molecular complexity index is 1810. The lowest BCUT2D eigenvalue weighted by Crippen LogP contribution is -2.42. The number of anilines is 2. The van der Waals surface area contributed by atoms with Crippen LogP contribution < -0.4 is 32.4 Å². The normalized spacial score (nSPS) is 11.1. The van der Waals surface area contributed by atoms with Crippen LogP contribution in [0.5, 0.6) is 11.5 Å². The van der Waals surface area contributed by atoms with Crippen LogP contribution in [0.3, 0.4) is 0 Å². The van der Waals surface area contributed by atoms with Gasteiger partial charge in [0.2, 0.25) is 5.91 Å². The minimum atomic E-state index is -0.937. The second kappa shape index (κ2) is 12.3. The average molecular weight is 577 g/mol. The number of pyridine rings is 1. The molecule has 0 spiro atoms. The van der Waals surface area contributed by atoms with Crippen LogP contribution in [0.1, 0.15) is 42.9 Å². The predicted molar refractivity (Wildman–Crippen MR) is 153 cm³/mol. The van der Waals surface area contributed by atoms with Gasteiger partial charge in [0.1, 0.15) is 17.1 Å². The molecule has 11 nitrogen and oxygen atoms in total. The van der Waals surface area contributed by atoms with Crippen molar-refractivity contribution in [2.24, 2.45) is 5.73 Å². The summed E-state index contributed by atoms with van der Waals surface area (Å²) >= 11 is 0. The Morgan fingerprint density at radius 1 is 1.00 bits per heavy atom. The zero-order valence-corrected chi connectivity index (χ0v) is 22.7. The Hall–Kier alpha value is -5.59. The number of ether oxygens (including phenoxy) is 1. The first-order chi connectivity index (χ1) is 20.0. The van der Waals surface area contributed by atoms with Crippen LogP contribution in [0.2, 0.25) is 0 Å². The minimum absolute atomic E-state index is 0.00733. The van der Waals surface area contributed by atoms with E-state index in [0.717, 1.165) is 29.0 Å². The van der Waals surface area contributed by atoms with Crippen LogP contribution in [0.25, 0.3) is 11.8 Å². The van der Waals surface area contributed by atoms with Crippen molar-refractivity contribution in [2.75, 3.05) is 10.6 Å². The Morgan fingerprint density at radius 3 is 2.33 bits per heavy atom. The minimum Gasteiger partial charge on any atom is -0.452 e. The molecule has 42 heavy (non-hydrogen) atoms. The van der Waals surface area contributed by atoms with Crippen LogP contribution in [-0.4, -0.2) is 25.9 Å². The maximum atomic E-state index is 15.1. The second-order valence-electron chi connectivity index (χ2n) is 9.29. The number of benzene rings is 2. The molecule has 0 atom stereocenters. The molecule has 2 aromatic heterocycles. The van der Waals surface area contributed by atoms with Gasteiger partial charge in [0.05, 0.1) is 17.6 Å². The number of nitrogens with zero attached hydrogens (tertiary/aromatic N) is 3. The summed E-state index contributed by atoms with van der Waals surface area (Å²) in [6.45, 7) is 4.69. The van der Waals surface area contributed by atoms with Crippen LogP contribution in [0.15, 0.2) is 76.7 Å². The molecule has 4 rings (SSSR count). The van der Waals surface area contributed by atoms with E-state index in [1.807, 2.05) is 0 Å². The van der Waals surface area contributed by atoms with Crippen molar-refractivity contribution in [3.63, 3.8) is 0 Å². The van der Waals surface area contributed by atoms with Crippen molar-refractivity contribution in [1.29, 1.82) is 0 Å². The number of nitrogens with one attached hydrogen (secondary N) is 2. The summed E-state index contributed by atoms with van der Waals surface area (Å²) in [5, 5.41) is 5.01. The summed E-state index contributed by atoms with van der Waals surface area (Å²) in [5.74, 6) is -2.81. The monoisotopic (exact) mass is 576 g/mol. The fraction of sp³-hybridized carbons (Fsp3) is 0.138. The highest BCUT2D eigenvalue weighted by Gasteiger charge is 2.21. The van der Waals surface area contributed by atoms with Crippen LogP contribution in [0.4, 0.5) is 20.2 Å². The quantitative estimate of drug-likeness (QED) is 0.285. The number of amides is 2. The molecule has 0 fully saturated rings. The number of halogens is 2. The highest BCUT2D eigenvalue weighted by Crippen LogP contribution is 2.31. The van der Waals surface area contributed by atoms with E-state index in [1.54, 1.807) is 13.8 Å². The maximum absolute atomic E-state index is 15.1. The van der Waals surface area contributed by atoms with E-state index in [9.17, 15) is 23.6 Å². The summed E-state index contributed by atoms with van der Waals surface area (Å²) in [6, 6.07) is 9.24. The van der Waals surface area contributed by atoms with E-state index < -0.39 is 40.4 Å². The van der Waals surface area contributed by atoms with Gasteiger partial charge in [0.25, 0.3) is 11.5 Å². The largest absolute Gasteiger partial charge is 0.452 e. The molecule has 4 aromatic rings. The van der Waals surface area contributed by atoms with E-state index in [4.69, 9.17) is 10.5 Å². The summed E-state index contributed by atoms with van der Waals surface area (Å²) < 4.78 is 36.2. The van der Waals surface area contributed by atoms with Crippen LogP contribution in [-0.2, 0) is 4.79 Å². The van der Waals surface area contributed by atoms with E-state index in [-0.39, 0.29) is 34.5 Å². The number of carbonyl (C=O) groups excluding carboxylic acids is 2. The summed E-state index contributed by atoms with van der Waals surface area (Å²) in [5.41, 5.74) is 4.05. The van der Waals surface area contributed by atoms with Crippen molar-refractivity contribution >= 4 is 29.3 Å². The molecular formula is C29H26F2N6O5. The third-order valence-electron chi connectivity index (χ3n) is 5.87. The number of hydrogen-bond acceptors (Lipinski definition) is 7. The second-order valence-corrected chi connectivity index (χ2v) is 9.29. The average Bonchev–Trinajstić information content (AvgIpc) is 2.92. The topological polar surface area (TPSA) is 150 Å². The fourth-order valence-electron chi connectivity index (χ4n) is 3.92. The zero-order chi connectivity index (χ0) is 30.6. The Balaban J connectivity index is 1.65. The number of hydrogen-bond donors (Lipinski definition) is 3. The standard InChI is InChI=1S/C29H26F2N6O5/c1-16(2)36-15-22(28(40)37(29(36)41)21-7-4-18(30)5-8-21)27(39)35-19-6-9-25(23(31)12-19)42-26-13-20(34-17(3)38)14-33-24(26)10-11-32/h4-16H,32H2,1-3H3,(H,34,38)(H,35,39). The molecule has 216 valence electrons. The molecule has 4 N–H and O–H groups in total. The van der Waals surface area contributed by atoms with Gasteiger partial charge in [-0.05, 0) is 62.5 Å². The summed E-state index contributed by atoms with van der Waals surface area (Å²) in [6.07, 6.45) is 5.15. The molecule has 0 saturated carbocycles. The highest BCUT2D eigenvalue weighted by atomic mass is 19.1. The molecule has 2 aromatic carbocycles. The van der Waals surface area contributed by atoms with E-state index in [2.05, 4.69) is 15.6 Å². The molecule has 0 radical (unpaired) electrons. The van der Waals surface area contributed by atoms with E-state index in [0.29, 0.717) is 5.69 Å². The van der Waals surface area contributed by atoms with Gasteiger partial charge in [-0.2, -0.15) is 0 Å². The number of nitrogens with two attached hydrogens (primary N) is 1. The van der Waals surface area contributed by atoms with Crippen molar-refractivity contribution in [3.8, 4) is 17.2 Å². The summed E-state index contributed by atoms with van der Waals surface area (Å²) in [4.78, 5) is 55.0. The first-order valence-corrected chi connectivity index (χ1v) is 12.6. The van der Waals surface area contributed by atoms with Crippen molar-refractivity contribution < 1.29 is 23.1 Å². The van der Waals surface area contributed by atoms with Gasteiger partial charge in [-0.3, -0.25) is 23.9 Å². The first-order valence-electron chi connectivity index (χ1n) is 12.6. The lowest BCUT2D eigenvalue weighted by atomic mass is 10.2. The lowest BCUT2D eigenvalue weighted by molar-refractivity contribution is -0.114. The molecule has 13 heteroatoms. The predicted octanol–water partition coefficient (Wildman–Crippen LogP) is 4.19. The Labute approximate surface area is 237 Å². The molecule has 0 unspecified atom stereocenters. The van der Waals surface area contributed by atoms with Crippen molar-refractivity contribution in [3.05, 3.63) is 111 Å². The van der Waals surface area contributed by atoms with Gasteiger partial charge in [-0.25, -0.2) is 18.1 Å². The van der Waals surface area contributed by atoms with Crippen LogP contribution >= 0.6 is 0 Å². The number of carbonyl (C=O) groups is 2. The molecular weight excluding hydrogens is 550 g/mol. The summed E-state index contributed by atoms with van der Waals surface area (Å²) in [7, 11) is 0. The van der Waals surface area contributed by atoms with Gasteiger partial charge >= 0.3 is 5.69 Å². The van der Waals surface area contributed by atoms with Gasteiger partial charge in [0.15, 0.2) is 17.3 Å². The SMILES string of the molecule is CC(=O)Nc1cnc(C=CN)c(Oc2ccc(NC(=O)c3cn(C(C)C)c(=O)n(-c4ccc(F)cc4)c3=O)cc2F)c1. The molecule has 0 saturated heterocycles. The van der Waals surface area contributed by atoms with E-state index >= 15 is 4.39 Å². The molecule has 0 aliphatic rings. The molecule has 0 aliphatic carbocycles. The van der Waals surface area contributed by atoms with Gasteiger partial charge in [0, 0.05) is 37.0 Å². The highest BCUT2D eigenvalue weighted by molar-refractivity contribution is 6.03. The van der Waals surface area contributed by atoms with Gasteiger partial charge in [-0.15, -0.1) is 0 Å². The lowest BCUT2D eigenvalue weighted by Gasteiger charge is -2.16. The molecule has 2 heterocycles. The first kappa shape index (κ1) is 29.4. The molecule has 2 amide bonds. The Morgan fingerprint density at radius 2 is 1.71 bits per heavy atom. The third kappa shape index (κ3) is 6.41. The van der Waals surface area contributed by atoms with Crippen molar-refractivity contribution in [2.45, 2.75) is 26.8 Å². The number of aromatic nitrogens is 3. The Kier molecular flexibility index (Phi) is 8.60. The molecule has 0 aliphatic heterocycles. The maximum Gasteiger partial charge on any atom is 0.335 e. The third-order valence-corrected chi connectivity index (χ3v) is 5.87. The van der Waals surface area contributed by atoms with E-state index in [1.165, 1.54) is 60.3 Å². The smallest absolute Gasteiger partial charge is 0.335 e. The van der Waals surface area contributed by atoms with Gasteiger partial charge in [-0.1, -0.05) is 0 Å². The van der Waals surface area contributed by atoms with Crippen molar-refractivity contribution in [1.82, 2.24) is 14.1 Å². The zero-order valence-electron chi connectivity index (χ0n) is 22.7. The van der Waals surface area contributed by atoms with Crippen LogP contribution in [0, 0.1) is 11.6 Å².